The highest BCUT2D eigenvalue weighted by molar-refractivity contribution is 7.89. The maximum atomic E-state index is 13.3. The summed E-state index contributed by atoms with van der Waals surface area (Å²) in [7, 11) is -2.55. The Kier molecular flexibility index (Phi) is 5.43. The Morgan fingerprint density at radius 3 is 2.37 bits per heavy atom. The largest absolute Gasteiger partial charge is 0.372 e. The first-order valence-corrected chi connectivity index (χ1v) is 10.0. The van der Waals surface area contributed by atoms with Crippen LogP contribution >= 0.6 is 0 Å². The maximum Gasteiger partial charge on any atom is 0.293 e. The van der Waals surface area contributed by atoms with Crippen molar-refractivity contribution in [2.24, 2.45) is 5.92 Å². The van der Waals surface area contributed by atoms with Gasteiger partial charge in [-0.25, -0.2) is 17.5 Å². The third-order valence-electron chi connectivity index (χ3n) is 4.91. The van der Waals surface area contributed by atoms with Gasteiger partial charge < -0.3 is 5.32 Å². The molecule has 0 saturated heterocycles. The lowest BCUT2D eigenvalue weighted by atomic mass is 9.77. The van der Waals surface area contributed by atoms with Gasteiger partial charge in [-0.05, 0) is 55.6 Å². The summed E-state index contributed by atoms with van der Waals surface area (Å²) in [5.74, 6) is -0.0745. The summed E-state index contributed by atoms with van der Waals surface area (Å²) in [4.78, 5) is 10.7. The van der Waals surface area contributed by atoms with Gasteiger partial charge in [0.25, 0.3) is 5.69 Å². The standard InChI is InChI=1S/C18H20FN3O4S/c1-20-27(25,26)15-9-10-16(17(11-15)22(23)24)21-18(12-3-2-4-12)13-5-7-14(19)8-6-13/h5-12,18,20-21H,2-4H2,1H3. The van der Waals surface area contributed by atoms with E-state index in [0.717, 1.165) is 30.9 Å². The molecule has 1 fully saturated rings. The van der Waals surface area contributed by atoms with E-state index in [0.29, 0.717) is 0 Å². The van der Waals surface area contributed by atoms with Gasteiger partial charge in [0, 0.05) is 6.07 Å². The Hall–Kier alpha value is -2.52. The molecule has 2 aromatic carbocycles. The Balaban J connectivity index is 1.98. The van der Waals surface area contributed by atoms with Gasteiger partial charge in [0.05, 0.1) is 15.9 Å². The molecule has 9 heteroatoms. The normalized spacial score (nSPS) is 15.8. The predicted molar refractivity (Wildman–Crippen MR) is 99.4 cm³/mol. The van der Waals surface area contributed by atoms with Crippen molar-refractivity contribution in [1.82, 2.24) is 4.72 Å². The Labute approximate surface area is 156 Å². The smallest absolute Gasteiger partial charge is 0.293 e. The van der Waals surface area contributed by atoms with E-state index in [1.807, 2.05) is 0 Å². The maximum absolute atomic E-state index is 13.3. The highest BCUT2D eigenvalue weighted by Crippen LogP contribution is 2.41. The number of nitrogens with one attached hydrogen (secondary N) is 2. The number of nitro groups is 1. The topological polar surface area (TPSA) is 101 Å². The summed E-state index contributed by atoms with van der Waals surface area (Å²) in [5.41, 5.74) is 0.747. The molecule has 1 unspecified atom stereocenters. The van der Waals surface area contributed by atoms with Crippen molar-refractivity contribution in [3.8, 4) is 0 Å². The predicted octanol–water partition coefficient (Wildman–Crippen LogP) is 3.60. The molecule has 1 atom stereocenters. The number of sulfonamides is 1. The van der Waals surface area contributed by atoms with Crippen LogP contribution in [0, 0.1) is 21.8 Å². The van der Waals surface area contributed by atoms with Gasteiger partial charge in [0.15, 0.2) is 0 Å². The summed E-state index contributed by atoms with van der Waals surface area (Å²) in [6.07, 6.45) is 3.01. The number of hydrogen-bond acceptors (Lipinski definition) is 5. The molecule has 0 bridgehead atoms. The number of halogens is 1. The van der Waals surface area contributed by atoms with Gasteiger partial charge in [0.2, 0.25) is 10.0 Å². The van der Waals surface area contributed by atoms with Crippen LogP contribution in [0.3, 0.4) is 0 Å². The molecular weight excluding hydrogens is 373 g/mol. The third-order valence-corrected chi connectivity index (χ3v) is 6.32. The number of anilines is 1. The van der Waals surface area contributed by atoms with Gasteiger partial charge in [-0.15, -0.1) is 0 Å². The van der Waals surface area contributed by atoms with Gasteiger partial charge in [-0.1, -0.05) is 18.6 Å². The van der Waals surface area contributed by atoms with E-state index in [-0.39, 0.29) is 34.0 Å². The molecule has 0 amide bonds. The van der Waals surface area contributed by atoms with E-state index in [1.54, 1.807) is 12.1 Å². The fourth-order valence-corrected chi connectivity index (χ4v) is 3.90. The van der Waals surface area contributed by atoms with Crippen LogP contribution in [0.4, 0.5) is 15.8 Å². The van der Waals surface area contributed by atoms with Crippen LogP contribution in [0.2, 0.25) is 0 Å². The molecule has 2 aromatic rings. The fraction of sp³-hybridized carbons (Fsp3) is 0.333. The van der Waals surface area contributed by atoms with Crippen molar-refractivity contribution < 1.29 is 17.7 Å². The molecule has 1 aliphatic carbocycles. The average Bonchev–Trinajstić information content (AvgIpc) is 2.60. The van der Waals surface area contributed by atoms with Crippen molar-refractivity contribution in [1.29, 1.82) is 0 Å². The number of hydrogen-bond donors (Lipinski definition) is 2. The highest BCUT2D eigenvalue weighted by atomic mass is 32.2. The van der Waals surface area contributed by atoms with Gasteiger partial charge in [0.1, 0.15) is 11.5 Å². The zero-order chi connectivity index (χ0) is 19.6. The van der Waals surface area contributed by atoms with Crippen LogP contribution in [-0.2, 0) is 10.0 Å². The first-order chi connectivity index (χ1) is 12.8. The van der Waals surface area contributed by atoms with E-state index >= 15 is 0 Å². The molecule has 7 nitrogen and oxygen atoms in total. The average molecular weight is 393 g/mol. The minimum absolute atomic E-state index is 0.177. The van der Waals surface area contributed by atoms with E-state index in [4.69, 9.17) is 0 Å². The van der Waals surface area contributed by atoms with Gasteiger partial charge in [-0.3, -0.25) is 10.1 Å². The molecule has 0 spiro atoms. The van der Waals surface area contributed by atoms with Crippen molar-refractivity contribution in [2.75, 3.05) is 12.4 Å². The van der Waals surface area contributed by atoms with E-state index in [2.05, 4.69) is 10.0 Å². The van der Waals surface area contributed by atoms with Crippen molar-refractivity contribution in [3.63, 3.8) is 0 Å². The molecule has 0 radical (unpaired) electrons. The van der Waals surface area contributed by atoms with Crippen LogP contribution in [0.5, 0.6) is 0 Å². The Morgan fingerprint density at radius 1 is 1.19 bits per heavy atom. The van der Waals surface area contributed by atoms with Crippen LogP contribution in [0.25, 0.3) is 0 Å². The first-order valence-electron chi connectivity index (χ1n) is 8.56. The summed E-state index contributed by atoms with van der Waals surface area (Å²) in [6.45, 7) is 0. The second-order valence-corrected chi connectivity index (χ2v) is 8.39. The lowest BCUT2D eigenvalue weighted by Crippen LogP contribution is -2.27. The number of rotatable bonds is 7. The highest BCUT2D eigenvalue weighted by Gasteiger charge is 2.30. The van der Waals surface area contributed by atoms with E-state index < -0.39 is 14.9 Å². The van der Waals surface area contributed by atoms with Crippen LogP contribution in [0.1, 0.15) is 30.9 Å². The fourth-order valence-electron chi connectivity index (χ4n) is 3.15. The van der Waals surface area contributed by atoms with Gasteiger partial charge >= 0.3 is 0 Å². The van der Waals surface area contributed by atoms with Crippen molar-refractivity contribution in [3.05, 3.63) is 64.0 Å². The molecule has 0 aromatic heterocycles. The molecule has 0 aliphatic heterocycles. The zero-order valence-corrected chi connectivity index (χ0v) is 15.5. The lowest BCUT2D eigenvalue weighted by molar-refractivity contribution is -0.384. The number of nitro benzene ring substituents is 1. The molecule has 2 N–H and O–H groups in total. The molecule has 1 saturated carbocycles. The third kappa shape index (κ3) is 4.09. The monoisotopic (exact) mass is 393 g/mol. The number of benzene rings is 2. The molecule has 3 rings (SSSR count). The molecular formula is C18H20FN3O4S. The SMILES string of the molecule is CNS(=O)(=O)c1ccc(NC(c2ccc(F)cc2)C2CCC2)c([N+](=O)[O-])c1. The summed E-state index contributed by atoms with van der Waals surface area (Å²) in [5, 5.41) is 14.7. The van der Waals surface area contributed by atoms with Crippen molar-refractivity contribution >= 4 is 21.4 Å². The Morgan fingerprint density at radius 2 is 1.85 bits per heavy atom. The Bertz CT molecular complexity index is 944. The van der Waals surface area contributed by atoms with Crippen LogP contribution in [0.15, 0.2) is 47.4 Å². The van der Waals surface area contributed by atoms with E-state index in [1.165, 1.54) is 31.3 Å². The number of nitrogens with zero attached hydrogens (tertiary/aromatic N) is 1. The van der Waals surface area contributed by atoms with Gasteiger partial charge in [-0.2, -0.15) is 0 Å². The summed E-state index contributed by atoms with van der Waals surface area (Å²) < 4.78 is 39.3. The quantitative estimate of drug-likeness (QED) is 0.553. The summed E-state index contributed by atoms with van der Waals surface area (Å²) >= 11 is 0. The van der Waals surface area contributed by atoms with E-state index in [9.17, 15) is 22.9 Å². The minimum atomic E-state index is -3.79. The molecule has 1 aliphatic rings. The first kappa shape index (κ1) is 19.2. The second kappa shape index (κ2) is 7.61. The molecule has 27 heavy (non-hydrogen) atoms. The second-order valence-electron chi connectivity index (χ2n) is 6.51. The van der Waals surface area contributed by atoms with Crippen LogP contribution in [-0.4, -0.2) is 20.4 Å². The minimum Gasteiger partial charge on any atom is -0.372 e. The summed E-state index contributed by atoms with van der Waals surface area (Å²) in [6, 6.07) is 9.59. The van der Waals surface area contributed by atoms with Crippen molar-refractivity contribution in [2.45, 2.75) is 30.2 Å². The molecule has 0 heterocycles. The molecule has 144 valence electrons. The van der Waals surface area contributed by atoms with Crippen LogP contribution < -0.4 is 10.0 Å². The lowest BCUT2D eigenvalue weighted by Gasteiger charge is -2.35. The zero-order valence-electron chi connectivity index (χ0n) is 14.7.